The van der Waals surface area contributed by atoms with Crippen LogP contribution in [-0.2, 0) is 9.84 Å². The molecule has 0 saturated carbocycles. The molecule has 0 spiro atoms. The Kier molecular flexibility index (Phi) is 4.75. The van der Waals surface area contributed by atoms with E-state index in [-0.39, 0.29) is 15.8 Å². The van der Waals surface area contributed by atoms with Crippen LogP contribution in [0.1, 0.15) is 5.56 Å². The van der Waals surface area contributed by atoms with Gasteiger partial charge >= 0.3 is 0 Å². The normalized spacial score (nSPS) is 12.7. The third-order valence-electron chi connectivity index (χ3n) is 2.44. The van der Waals surface area contributed by atoms with Gasteiger partial charge in [0.2, 0.25) is 9.84 Å². The molecule has 1 heterocycles. The van der Waals surface area contributed by atoms with E-state index >= 15 is 0 Å². The zero-order chi connectivity index (χ0) is 14.8. The quantitative estimate of drug-likeness (QED) is 0.912. The van der Waals surface area contributed by atoms with Gasteiger partial charge in [-0.1, -0.05) is 46.9 Å². The number of H-pyrrole nitrogens is 1. The second-order valence-corrected chi connectivity index (χ2v) is 7.08. The number of rotatable bonds is 4. The molecule has 8 heteroatoms. The van der Waals surface area contributed by atoms with E-state index in [4.69, 9.17) is 34.8 Å². The minimum absolute atomic E-state index is 0.0530. The van der Waals surface area contributed by atoms with Crippen LogP contribution >= 0.6 is 34.8 Å². The van der Waals surface area contributed by atoms with Crippen LogP contribution in [0.15, 0.2) is 41.6 Å². The lowest BCUT2D eigenvalue weighted by molar-refractivity contribution is 0.595. The molecular weight excluding hydrogens is 343 g/mol. The molecule has 1 N–H and O–H groups in total. The van der Waals surface area contributed by atoms with E-state index in [0.29, 0.717) is 15.6 Å². The lowest BCUT2D eigenvalue weighted by Gasteiger charge is -2.01. The van der Waals surface area contributed by atoms with Crippen LogP contribution in [0.3, 0.4) is 0 Å². The molecule has 106 valence electrons. The summed E-state index contributed by atoms with van der Waals surface area (Å²) < 4.78 is 24.0. The number of nitrogens with zero attached hydrogens (tertiary/aromatic N) is 1. The summed E-state index contributed by atoms with van der Waals surface area (Å²) in [5.74, 6) is -0.303. The largest absolute Gasteiger partial charge is 0.283 e. The van der Waals surface area contributed by atoms with Gasteiger partial charge in [-0.25, -0.2) is 8.42 Å². The number of aromatic amines is 1. The molecule has 2 aromatic rings. The molecule has 0 fully saturated rings. The Morgan fingerprint density at radius 3 is 2.70 bits per heavy atom. The summed E-state index contributed by atoms with van der Waals surface area (Å²) in [6.07, 6.45) is 2.68. The molecule has 0 aliphatic heterocycles. The maximum absolute atomic E-state index is 12.0. The van der Waals surface area contributed by atoms with Crippen LogP contribution in [0.2, 0.25) is 10.0 Å². The minimum atomic E-state index is -3.63. The van der Waals surface area contributed by atoms with Crippen molar-refractivity contribution < 1.29 is 8.42 Å². The zero-order valence-corrected chi connectivity index (χ0v) is 13.1. The van der Waals surface area contributed by atoms with E-state index in [2.05, 4.69) is 10.2 Å². The Balaban J connectivity index is 2.23. The van der Waals surface area contributed by atoms with Gasteiger partial charge in [-0.3, -0.25) is 5.10 Å². The highest BCUT2D eigenvalue weighted by atomic mass is 35.5. The van der Waals surface area contributed by atoms with Gasteiger partial charge in [0.05, 0.1) is 10.8 Å². The molecule has 0 saturated heterocycles. The van der Waals surface area contributed by atoms with E-state index in [1.807, 2.05) is 0 Å². The van der Waals surface area contributed by atoms with Crippen molar-refractivity contribution in [1.82, 2.24) is 10.2 Å². The highest BCUT2D eigenvalue weighted by Crippen LogP contribution is 2.24. The van der Waals surface area contributed by atoms with Gasteiger partial charge < -0.3 is 0 Å². The minimum Gasteiger partial charge on any atom is -0.283 e. The van der Waals surface area contributed by atoms with Gasteiger partial charge in [0.25, 0.3) is 0 Å². The van der Waals surface area contributed by atoms with Crippen LogP contribution in [0.5, 0.6) is 0 Å². The van der Waals surface area contributed by atoms with Crippen LogP contribution in [-0.4, -0.2) is 24.4 Å². The van der Waals surface area contributed by atoms with E-state index in [1.165, 1.54) is 12.3 Å². The molecule has 0 radical (unpaired) electrons. The Bertz CT molecular complexity index is 754. The molecule has 2 rings (SSSR count). The van der Waals surface area contributed by atoms with Crippen molar-refractivity contribution in [1.29, 1.82) is 0 Å². The van der Waals surface area contributed by atoms with E-state index in [9.17, 15) is 8.42 Å². The van der Waals surface area contributed by atoms with Crippen LogP contribution in [0.4, 0.5) is 0 Å². The maximum atomic E-state index is 12.0. The van der Waals surface area contributed by atoms with E-state index < -0.39 is 9.84 Å². The van der Waals surface area contributed by atoms with Crippen molar-refractivity contribution >= 4 is 49.7 Å². The summed E-state index contributed by atoms with van der Waals surface area (Å²) in [4.78, 5) is 0. The third-order valence-corrected chi connectivity index (χ3v) is 4.95. The number of sulfone groups is 1. The fraction of sp³-hybridized carbons (Fsp3) is 0.0833. The monoisotopic (exact) mass is 350 g/mol. The molecule has 0 aliphatic carbocycles. The highest BCUT2D eigenvalue weighted by molar-refractivity contribution is 7.91. The molecule has 0 unspecified atom stereocenters. The summed E-state index contributed by atoms with van der Waals surface area (Å²) in [5.41, 5.74) is 0.641. The first-order valence-electron chi connectivity index (χ1n) is 5.44. The molecule has 4 nitrogen and oxygen atoms in total. The third kappa shape index (κ3) is 3.55. The van der Waals surface area contributed by atoms with Crippen molar-refractivity contribution in [3.05, 3.63) is 52.1 Å². The average Bonchev–Trinajstić information content (AvgIpc) is 2.83. The summed E-state index contributed by atoms with van der Waals surface area (Å²) in [5, 5.41) is 6.69. The summed E-state index contributed by atoms with van der Waals surface area (Å²) in [6.45, 7) is 0. The Morgan fingerprint density at radius 1 is 1.35 bits per heavy atom. The lowest BCUT2D eigenvalue weighted by atomic mass is 10.2. The Labute approximate surface area is 131 Å². The van der Waals surface area contributed by atoms with Crippen LogP contribution < -0.4 is 0 Å². The summed E-state index contributed by atoms with van der Waals surface area (Å²) >= 11 is 17.6. The van der Waals surface area contributed by atoms with Crippen LogP contribution in [0, 0.1) is 0 Å². The van der Waals surface area contributed by atoms with Gasteiger partial charge in [-0.15, -0.1) is 0 Å². The van der Waals surface area contributed by atoms with Crippen molar-refractivity contribution in [2.45, 2.75) is 5.03 Å². The first-order chi connectivity index (χ1) is 9.40. The topological polar surface area (TPSA) is 62.8 Å². The van der Waals surface area contributed by atoms with E-state index in [1.54, 1.807) is 24.3 Å². The molecule has 20 heavy (non-hydrogen) atoms. The SMILES string of the molecule is O=S(=O)(CC=C(Cl)c1cccc(Cl)c1)c1n[nH]cc1Cl. The second kappa shape index (κ2) is 6.18. The predicted molar refractivity (Wildman–Crippen MR) is 80.9 cm³/mol. The molecule has 0 atom stereocenters. The van der Waals surface area contributed by atoms with Gasteiger partial charge in [-0.05, 0) is 23.8 Å². The summed E-state index contributed by atoms with van der Waals surface area (Å²) in [7, 11) is -3.63. The Hall–Kier alpha value is -1.01. The van der Waals surface area contributed by atoms with Crippen molar-refractivity contribution in [2.75, 3.05) is 5.75 Å². The standard InChI is InChI=1S/C12H9Cl3N2O2S/c13-9-3-1-2-8(6-9)10(14)4-5-20(18,19)12-11(15)7-16-17-12/h1-4,6-7H,5H2,(H,16,17). The van der Waals surface area contributed by atoms with Gasteiger partial charge in [0, 0.05) is 16.3 Å². The lowest BCUT2D eigenvalue weighted by Crippen LogP contribution is -2.06. The van der Waals surface area contributed by atoms with Crippen molar-refractivity contribution in [3.8, 4) is 0 Å². The molecule has 0 bridgehead atoms. The fourth-order valence-corrected chi connectivity index (χ4v) is 3.51. The fourth-order valence-electron chi connectivity index (χ4n) is 1.50. The molecule has 0 aliphatic rings. The zero-order valence-electron chi connectivity index (χ0n) is 9.98. The summed E-state index contributed by atoms with van der Waals surface area (Å²) in [6, 6.07) is 6.82. The molecular formula is C12H9Cl3N2O2S. The van der Waals surface area contributed by atoms with Crippen molar-refractivity contribution in [3.63, 3.8) is 0 Å². The Morgan fingerprint density at radius 2 is 2.10 bits per heavy atom. The molecule has 1 aromatic carbocycles. The second-order valence-electron chi connectivity index (χ2n) is 3.88. The highest BCUT2D eigenvalue weighted by Gasteiger charge is 2.20. The predicted octanol–water partition coefficient (Wildman–Crippen LogP) is 3.77. The van der Waals surface area contributed by atoms with Crippen LogP contribution in [0.25, 0.3) is 5.03 Å². The van der Waals surface area contributed by atoms with Crippen molar-refractivity contribution in [2.24, 2.45) is 0 Å². The number of hydrogen-bond acceptors (Lipinski definition) is 3. The number of benzene rings is 1. The maximum Gasteiger partial charge on any atom is 0.202 e. The average molecular weight is 352 g/mol. The smallest absolute Gasteiger partial charge is 0.202 e. The van der Waals surface area contributed by atoms with Gasteiger partial charge in [0.1, 0.15) is 0 Å². The van der Waals surface area contributed by atoms with E-state index in [0.717, 1.165) is 0 Å². The number of nitrogens with one attached hydrogen (secondary N) is 1. The number of halogens is 3. The molecule has 0 amide bonds. The first kappa shape index (κ1) is 15.4. The first-order valence-corrected chi connectivity index (χ1v) is 8.22. The number of hydrogen-bond donors (Lipinski definition) is 1. The van der Waals surface area contributed by atoms with Gasteiger partial charge in [-0.2, -0.15) is 5.10 Å². The van der Waals surface area contributed by atoms with Gasteiger partial charge in [0.15, 0.2) is 5.03 Å². The number of aromatic nitrogens is 2. The molecule has 1 aromatic heterocycles.